The molecule has 1 atom stereocenters. The second kappa shape index (κ2) is 5.29. The summed E-state index contributed by atoms with van der Waals surface area (Å²) in [6.07, 6.45) is 10.5. The lowest BCUT2D eigenvalue weighted by molar-refractivity contribution is 0.275. The summed E-state index contributed by atoms with van der Waals surface area (Å²) in [4.78, 5) is 0. The monoisotopic (exact) mass is 194 g/mol. The van der Waals surface area contributed by atoms with E-state index in [9.17, 15) is 5.11 Å². The topological polar surface area (TPSA) is 49.7 Å². The zero-order valence-corrected chi connectivity index (χ0v) is 8.05. The Bertz CT molecular complexity index is 298. The maximum Gasteiger partial charge on any atom is 0.160 e. The minimum Gasteiger partial charge on any atom is -0.504 e. The summed E-state index contributed by atoms with van der Waals surface area (Å²) < 4.78 is 4.95. The molecule has 0 heterocycles. The molecule has 14 heavy (non-hydrogen) atoms. The summed E-state index contributed by atoms with van der Waals surface area (Å²) in [5.74, 6) is 0.641. The van der Waals surface area contributed by atoms with Crippen LogP contribution in [0.25, 0.3) is 0 Å². The van der Waals surface area contributed by atoms with Gasteiger partial charge in [0.1, 0.15) is 0 Å². The van der Waals surface area contributed by atoms with Gasteiger partial charge in [0.25, 0.3) is 0 Å². The van der Waals surface area contributed by atoms with E-state index < -0.39 is 0 Å². The third-order valence-electron chi connectivity index (χ3n) is 1.88. The van der Waals surface area contributed by atoms with Crippen molar-refractivity contribution in [3.8, 4) is 0 Å². The molecule has 1 unspecified atom stereocenters. The van der Waals surface area contributed by atoms with E-state index >= 15 is 0 Å². The van der Waals surface area contributed by atoms with Crippen molar-refractivity contribution in [1.82, 2.24) is 0 Å². The molecule has 3 heteroatoms. The fraction of sp³-hybridized carbons (Fsp3) is 0.273. The maximum atomic E-state index is 9.44. The van der Waals surface area contributed by atoms with Crippen LogP contribution in [0.3, 0.4) is 0 Å². The Kier molecular flexibility index (Phi) is 4.01. The van der Waals surface area contributed by atoms with Gasteiger partial charge in [-0.25, -0.2) is 0 Å². The molecule has 0 aromatic rings. The predicted molar refractivity (Wildman–Crippen MR) is 54.7 cm³/mol. The van der Waals surface area contributed by atoms with E-state index in [4.69, 9.17) is 9.84 Å². The van der Waals surface area contributed by atoms with E-state index in [1.807, 2.05) is 18.2 Å². The van der Waals surface area contributed by atoms with E-state index in [1.165, 1.54) is 7.11 Å². The van der Waals surface area contributed by atoms with E-state index in [0.29, 0.717) is 5.76 Å². The number of hydrogen-bond acceptors (Lipinski definition) is 3. The first-order valence-electron chi connectivity index (χ1n) is 4.39. The molecular formula is C11H14O3. The summed E-state index contributed by atoms with van der Waals surface area (Å²) in [5.41, 5.74) is 0. The van der Waals surface area contributed by atoms with Gasteiger partial charge < -0.3 is 14.9 Å². The zero-order valence-electron chi connectivity index (χ0n) is 8.05. The SMILES string of the molecule is COC1=C(O)C=CC(/C=C/CO)C=C1. The van der Waals surface area contributed by atoms with E-state index in [1.54, 1.807) is 18.2 Å². The van der Waals surface area contributed by atoms with E-state index in [2.05, 4.69) is 0 Å². The fourth-order valence-electron chi connectivity index (χ4n) is 1.15. The molecule has 1 aliphatic rings. The van der Waals surface area contributed by atoms with Crippen LogP contribution >= 0.6 is 0 Å². The van der Waals surface area contributed by atoms with Crippen molar-refractivity contribution in [2.45, 2.75) is 0 Å². The minimum absolute atomic E-state index is 0.0225. The molecule has 0 saturated heterocycles. The van der Waals surface area contributed by atoms with Crippen molar-refractivity contribution in [2.75, 3.05) is 13.7 Å². The molecule has 0 fully saturated rings. The lowest BCUT2D eigenvalue weighted by Crippen LogP contribution is -1.87. The van der Waals surface area contributed by atoms with Crippen LogP contribution in [0.4, 0.5) is 0 Å². The smallest absolute Gasteiger partial charge is 0.160 e. The molecule has 3 nitrogen and oxygen atoms in total. The van der Waals surface area contributed by atoms with Crippen molar-refractivity contribution in [1.29, 1.82) is 0 Å². The molecular weight excluding hydrogens is 180 g/mol. The van der Waals surface area contributed by atoms with Crippen LogP contribution in [-0.4, -0.2) is 23.9 Å². The van der Waals surface area contributed by atoms with Crippen molar-refractivity contribution >= 4 is 0 Å². The quantitative estimate of drug-likeness (QED) is 0.672. The van der Waals surface area contributed by atoms with Gasteiger partial charge in [0.05, 0.1) is 13.7 Å². The molecule has 0 radical (unpaired) electrons. The Labute approximate surface area is 83.3 Å². The van der Waals surface area contributed by atoms with E-state index in [-0.39, 0.29) is 18.3 Å². The third kappa shape index (κ3) is 2.78. The van der Waals surface area contributed by atoms with Gasteiger partial charge in [0, 0.05) is 5.92 Å². The number of rotatable bonds is 3. The molecule has 2 N–H and O–H groups in total. The van der Waals surface area contributed by atoms with Crippen LogP contribution in [-0.2, 0) is 4.74 Å². The maximum absolute atomic E-state index is 9.44. The number of aliphatic hydroxyl groups is 2. The number of ether oxygens (including phenoxy) is 1. The largest absolute Gasteiger partial charge is 0.504 e. The first kappa shape index (κ1) is 10.6. The summed E-state index contributed by atoms with van der Waals surface area (Å²) in [6.45, 7) is 0.0225. The summed E-state index contributed by atoms with van der Waals surface area (Å²) in [6, 6.07) is 0. The van der Waals surface area contributed by atoms with Gasteiger partial charge >= 0.3 is 0 Å². The van der Waals surface area contributed by atoms with Crippen molar-refractivity contribution in [3.05, 3.63) is 48.0 Å². The van der Waals surface area contributed by atoms with Gasteiger partial charge in [-0.05, 0) is 12.2 Å². The van der Waals surface area contributed by atoms with E-state index in [0.717, 1.165) is 0 Å². The normalized spacial score (nSPS) is 21.7. The van der Waals surface area contributed by atoms with Crippen LogP contribution in [0, 0.1) is 5.92 Å². The van der Waals surface area contributed by atoms with Crippen molar-refractivity contribution in [2.24, 2.45) is 5.92 Å². The highest BCUT2D eigenvalue weighted by atomic mass is 16.5. The molecule has 0 aromatic carbocycles. The molecule has 0 spiro atoms. The van der Waals surface area contributed by atoms with Crippen LogP contribution in [0.1, 0.15) is 0 Å². The Hall–Kier alpha value is -1.48. The minimum atomic E-state index is 0.0225. The highest BCUT2D eigenvalue weighted by Crippen LogP contribution is 2.15. The van der Waals surface area contributed by atoms with Gasteiger partial charge in [-0.15, -0.1) is 0 Å². The first-order valence-corrected chi connectivity index (χ1v) is 4.39. The second-order valence-corrected chi connectivity index (χ2v) is 2.86. The summed E-state index contributed by atoms with van der Waals surface area (Å²) in [7, 11) is 1.51. The van der Waals surface area contributed by atoms with Crippen LogP contribution < -0.4 is 0 Å². The average Bonchev–Trinajstić information content (AvgIpc) is 2.37. The molecule has 0 aliphatic heterocycles. The standard InChI is InChI=1S/C11H14O3/c1-14-11-7-5-9(3-2-8-12)4-6-10(11)13/h2-7,9,12-13H,8H2,1H3/b3-2+. The molecule has 1 aliphatic carbocycles. The van der Waals surface area contributed by atoms with Crippen LogP contribution in [0.15, 0.2) is 48.0 Å². The number of hydrogen-bond donors (Lipinski definition) is 2. The highest BCUT2D eigenvalue weighted by molar-refractivity contribution is 5.30. The van der Waals surface area contributed by atoms with Crippen molar-refractivity contribution < 1.29 is 14.9 Å². The second-order valence-electron chi connectivity index (χ2n) is 2.86. The Balaban J connectivity index is 2.76. The zero-order chi connectivity index (χ0) is 10.4. The highest BCUT2D eigenvalue weighted by Gasteiger charge is 2.05. The number of methoxy groups -OCH3 is 1. The van der Waals surface area contributed by atoms with Crippen LogP contribution in [0.5, 0.6) is 0 Å². The van der Waals surface area contributed by atoms with Crippen LogP contribution in [0.2, 0.25) is 0 Å². The van der Waals surface area contributed by atoms with Gasteiger partial charge in [-0.3, -0.25) is 0 Å². The number of aliphatic hydroxyl groups excluding tert-OH is 2. The molecule has 1 rings (SSSR count). The third-order valence-corrected chi connectivity index (χ3v) is 1.88. The Morgan fingerprint density at radius 1 is 1.43 bits per heavy atom. The molecule has 0 aromatic heterocycles. The lowest BCUT2D eigenvalue weighted by Gasteiger charge is -1.99. The Morgan fingerprint density at radius 3 is 2.79 bits per heavy atom. The lowest BCUT2D eigenvalue weighted by atomic mass is 10.1. The molecule has 0 bridgehead atoms. The van der Waals surface area contributed by atoms with Gasteiger partial charge in [0.15, 0.2) is 11.5 Å². The average molecular weight is 194 g/mol. The van der Waals surface area contributed by atoms with Crippen molar-refractivity contribution in [3.63, 3.8) is 0 Å². The predicted octanol–water partition coefficient (Wildman–Crippen LogP) is 1.69. The first-order chi connectivity index (χ1) is 6.77. The van der Waals surface area contributed by atoms with Gasteiger partial charge in [0.2, 0.25) is 0 Å². The molecule has 0 saturated carbocycles. The summed E-state index contributed by atoms with van der Waals surface area (Å²) in [5, 5.41) is 18.0. The Morgan fingerprint density at radius 2 is 2.14 bits per heavy atom. The summed E-state index contributed by atoms with van der Waals surface area (Å²) >= 11 is 0. The number of allylic oxidation sites excluding steroid dienone is 5. The molecule has 76 valence electrons. The fourth-order valence-corrected chi connectivity index (χ4v) is 1.15. The van der Waals surface area contributed by atoms with Gasteiger partial charge in [-0.1, -0.05) is 24.3 Å². The molecule has 0 amide bonds. The van der Waals surface area contributed by atoms with Gasteiger partial charge in [-0.2, -0.15) is 0 Å².